The fraction of sp³-hybridized carbons (Fsp3) is 0.222. The number of nitro benzene ring substituents is 1. The molecule has 0 unspecified atom stereocenters. The third kappa shape index (κ3) is 6.44. The highest BCUT2D eigenvalue weighted by Gasteiger charge is 2.25. The van der Waals surface area contributed by atoms with Crippen LogP contribution in [-0.4, -0.2) is 35.8 Å². The second kappa shape index (κ2) is 11.9. The predicted molar refractivity (Wildman–Crippen MR) is 138 cm³/mol. The summed E-state index contributed by atoms with van der Waals surface area (Å²) in [5, 5.41) is 18.2. The van der Waals surface area contributed by atoms with Crippen LogP contribution in [0.15, 0.2) is 71.8 Å². The van der Waals surface area contributed by atoms with E-state index in [0.717, 1.165) is 5.56 Å². The number of carbonyl (C=O) groups is 2. The summed E-state index contributed by atoms with van der Waals surface area (Å²) in [6.07, 6.45) is 1.28. The van der Waals surface area contributed by atoms with Crippen molar-refractivity contribution < 1.29 is 28.7 Å². The molecule has 1 atom stereocenters. The molecule has 11 heteroatoms. The number of ether oxygens (including phenoxy) is 3. The lowest BCUT2D eigenvalue weighted by Crippen LogP contribution is -2.48. The molecule has 0 saturated heterocycles. The van der Waals surface area contributed by atoms with E-state index in [1.165, 1.54) is 18.3 Å². The van der Waals surface area contributed by atoms with Gasteiger partial charge in [-0.15, -0.1) is 0 Å². The zero-order valence-electron chi connectivity index (χ0n) is 20.7. The normalized spacial score (nSPS) is 12.8. The molecule has 0 bridgehead atoms. The standard InChI is InChI=1S/C27H26N4O7/c1-17(2)25(29-26(32)20-9-11-23-24(13-20)38-16-37-23)27(33)30-28-14-19-8-10-22(21(12-19)31(34)35)36-15-18-6-4-3-5-7-18/h3-14,17,25H,15-16H2,1-2H3,(H,29,32)(H,30,33)/b28-14+/t25-/m1/s1. The fourth-order valence-electron chi connectivity index (χ4n) is 3.65. The van der Waals surface area contributed by atoms with Gasteiger partial charge in [-0.3, -0.25) is 19.7 Å². The van der Waals surface area contributed by atoms with Crippen LogP contribution in [0.25, 0.3) is 0 Å². The molecule has 0 aliphatic carbocycles. The quantitative estimate of drug-likeness (QED) is 0.236. The summed E-state index contributed by atoms with van der Waals surface area (Å²) in [4.78, 5) is 36.5. The molecule has 196 valence electrons. The third-order valence-corrected chi connectivity index (χ3v) is 5.68. The van der Waals surface area contributed by atoms with Gasteiger partial charge in [-0.05, 0) is 41.8 Å². The SMILES string of the molecule is CC(C)[C@@H](NC(=O)c1ccc2c(c1)OCO2)C(=O)N/N=C/c1ccc(OCc2ccccc2)c([N+](=O)[O-])c1. The van der Waals surface area contributed by atoms with Crippen molar-refractivity contribution in [2.24, 2.45) is 11.0 Å². The Labute approximate surface area is 218 Å². The molecule has 0 radical (unpaired) electrons. The lowest BCUT2D eigenvalue weighted by Gasteiger charge is -2.20. The Balaban J connectivity index is 1.38. The maximum atomic E-state index is 12.8. The average molecular weight is 519 g/mol. The monoisotopic (exact) mass is 518 g/mol. The Hall–Kier alpha value is -4.93. The minimum absolute atomic E-state index is 0.0853. The number of rotatable bonds is 10. The molecule has 2 amide bonds. The van der Waals surface area contributed by atoms with Gasteiger partial charge in [-0.25, -0.2) is 5.43 Å². The Morgan fingerprint density at radius 1 is 1.08 bits per heavy atom. The van der Waals surface area contributed by atoms with Crippen LogP contribution >= 0.6 is 0 Å². The van der Waals surface area contributed by atoms with Crippen LogP contribution in [0.2, 0.25) is 0 Å². The zero-order chi connectivity index (χ0) is 27.1. The van der Waals surface area contributed by atoms with Crippen LogP contribution in [0.4, 0.5) is 5.69 Å². The molecule has 0 fully saturated rings. The van der Waals surface area contributed by atoms with Crippen molar-refractivity contribution in [2.75, 3.05) is 6.79 Å². The third-order valence-electron chi connectivity index (χ3n) is 5.68. The van der Waals surface area contributed by atoms with Crippen molar-refractivity contribution >= 4 is 23.7 Å². The molecule has 0 spiro atoms. The predicted octanol–water partition coefficient (Wildman–Crippen LogP) is 3.81. The Morgan fingerprint density at radius 2 is 1.84 bits per heavy atom. The van der Waals surface area contributed by atoms with Gasteiger partial charge in [0.05, 0.1) is 11.1 Å². The van der Waals surface area contributed by atoms with Gasteiger partial charge >= 0.3 is 5.69 Å². The van der Waals surface area contributed by atoms with Gasteiger partial charge in [-0.1, -0.05) is 44.2 Å². The van der Waals surface area contributed by atoms with Crippen molar-refractivity contribution in [2.45, 2.75) is 26.5 Å². The topological polar surface area (TPSA) is 141 Å². The number of nitro groups is 1. The Kier molecular flexibility index (Phi) is 8.17. The molecule has 1 heterocycles. The molecule has 3 aromatic carbocycles. The van der Waals surface area contributed by atoms with Gasteiger partial charge in [0.15, 0.2) is 17.2 Å². The molecule has 0 aromatic heterocycles. The largest absolute Gasteiger partial charge is 0.482 e. The number of hydrogen-bond donors (Lipinski definition) is 2. The van der Waals surface area contributed by atoms with E-state index in [-0.39, 0.29) is 30.8 Å². The van der Waals surface area contributed by atoms with Crippen molar-refractivity contribution in [3.05, 3.63) is 93.5 Å². The number of hydrogen-bond acceptors (Lipinski definition) is 8. The molecule has 1 aliphatic rings. The molecule has 1 aliphatic heterocycles. The van der Waals surface area contributed by atoms with Crippen molar-refractivity contribution in [1.29, 1.82) is 0 Å². The zero-order valence-corrected chi connectivity index (χ0v) is 20.7. The van der Waals surface area contributed by atoms with Gasteiger partial charge in [0.1, 0.15) is 12.6 Å². The lowest BCUT2D eigenvalue weighted by atomic mass is 10.0. The first-order chi connectivity index (χ1) is 18.3. The molecule has 2 N–H and O–H groups in total. The van der Waals surface area contributed by atoms with E-state index in [4.69, 9.17) is 14.2 Å². The van der Waals surface area contributed by atoms with Gasteiger partial charge in [0.2, 0.25) is 6.79 Å². The van der Waals surface area contributed by atoms with E-state index in [2.05, 4.69) is 15.8 Å². The summed E-state index contributed by atoms with van der Waals surface area (Å²) in [6.45, 7) is 3.83. The summed E-state index contributed by atoms with van der Waals surface area (Å²) in [5.74, 6) is -0.120. The minimum atomic E-state index is -0.881. The summed E-state index contributed by atoms with van der Waals surface area (Å²) in [7, 11) is 0. The van der Waals surface area contributed by atoms with Gasteiger partial charge in [-0.2, -0.15) is 5.10 Å². The number of amides is 2. The van der Waals surface area contributed by atoms with Crippen LogP contribution in [0.5, 0.6) is 17.2 Å². The fourth-order valence-corrected chi connectivity index (χ4v) is 3.65. The van der Waals surface area contributed by atoms with E-state index in [1.54, 1.807) is 38.1 Å². The first-order valence-electron chi connectivity index (χ1n) is 11.8. The van der Waals surface area contributed by atoms with Crippen LogP contribution in [0, 0.1) is 16.0 Å². The maximum Gasteiger partial charge on any atom is 0.311 e. The molecule has 38 heavy (non-hydrogen) atoms. The lowest BCUT2D eigenvalue weighted by molar-refractivity contribution is -0.385. The number of nitrogens with zero attached hydrogens (tertiary/aromatic N) is 2. The van der Waals surface area contributed by atoms with Gasteiger partial charge in [0, 0.05) is 17.2 Å². The van der Waals surface area contributed by atoms with Crippen molar-refractivity contribution in [1.82, 2.24) is 10.7 Å². The molecule has 4 rings (SSSR count). The van der Waals surface area contributed by atoms with Gasteiger partial charge < -0.3 is 19.5 Å². The highest BCUT2D eigenvalue weighted by Crippen LogP contribution is 2.32. The highest BCUT2D eigenvalue weighted by atomic mass is 16.7. The van der Waals surface area contributed by atoms with Crippen LogP contribution in [0.3, 0.4) is 0 Å². The van der Waals surface area contributed by atoms with Crippen LogP contribution in [0.1, 0.15) is 35.3 Å². The Bertz CT molecular complexity index is 1360. The summed E-state index contributed by atoms with van der Waals surface area (Å²) in [6, 6.07) is 17.5. The average Bonchev–Trinajstić information content (AvgIpc) is 3.39. The minimum Gasteiger partial charge on any atom is -0.482 e. The van der Waals surface area contributed by atoms with E-state index < -0.39 is 22.8 Å². The summed E-state index contributed by atoms with van der Waals surface area (Å²) >= 11 is 0. The van der Waals surface area contributed by atoms with Crippen molar-refractivity contribution in [3.8, 4) is 17.2 Å². The maximum absolute atomic E-state index is 12.8. The van der Waals surface area contributed by atoms with E-state index >= 15 is 0 Å². The molecular formula is C27H26N4O7. The smallest absolute Gasteiger partial charge is 0.311 e. The van der Waals surface area contributed by atoms with Gasteiger partial charge in [0.25, 0.3) is 11.8 Å². The summed E-state index contributed by atoms with van der Waals surface area (Å²) < 4.78 is 16.2. The summed E-state index contributed by atoms with van der Waals surface area (Å²) in [5.41, 5.74) is 3.74. The molecule has 3 aromatic rings. The highest BCUT2D eigenvalue weighted by molar-refractivity contribution is 5.98. The first kappa shape index (κ1) is 26.1. The number of hydrazone groups is 1. The van der Waals surface area contributed by atoms with E-state index in [0.29, 0.717) is 22.6 Å². The van der Waals surface area contributed by atoms with E-state index in [9.17, 15) is 19.7 Å². The number of carbonyl (C=O) groups excluding carboxylic acids is 2. The van der Waals surface area contributed by atoms with E-state index in [1.807, 2.05) is 30.3 Å². The molecule has 11 nitrogen and oxygen atoms in total. The van der Waals surface area contributed by atoms with Crippen molar-refractivity contribution in [3.63, 3.8) is 0 Å². The number of fused-ring (bicyclic) bond motifs is 1. The number of benzene rings is 3. The van der Waals surface area contributed by atoms with Crippen LogP contribution < -0.4 is 25.0 Å². The Morgan fingerprint density at radius 3 is 2.58 bits per heavy atom. The van der Waals surface area contributed by atoms with Crippen LogP contribution in [-0.2, 0) is 11.4 Å². The first-order valence-corrected chi connectivity index (χ1v) is 11.8. The molecule has 0 saturated carbocycles. The second-order valence-electron chi connectivity index (χ2n) is 8.76. The second-order valence-corrected chi connectivity index (χ2v) is 8.76. The number of nitrogens with one attached hydrogen (secondary N) is 2. The molecular weight excluding hydrogens is 492 g/mol.